The van der Waals surface area contributed by atoms with Gasteiger partial charge in [-0.3, -0.25) is 4.79 Å². The second kappa shape index (κ2) is 5.14. The molecule has 1 saturated carbocycles. The van der Waals surface area contributed by atoms with Crippen molar-refractivity contribution in [3.8, 4) is 0 Å². The van der Waals surface area contributed by atoms with E-state index in [1.807, 2.05) is 19.1 Å². The second-order valence-electron chi connectivity index (χ2n) is 4.15. The Kier molecular flexibility index (Phi) is 4.41. The Balaban J connectivity index is 2.61. The first-order valence-corrected chi connectivity index (χ1v) is 6.00. The first-order valence-electron chi connectivity index (χ1n) is 5.19. The van der Waals surface area contributed by atoms with Crippen molar-refractivity contribution in [2.75, 3.05) is 14.1 Å². The topological polar surface area (TPSA) is 32.3 Å². The van der Waals surface area contributed by atoms with Crippen LogP contribution in [0.2, 0.25) is 0 Å². The molecule has 0 unspecified atom stereocenters. The van der Waals surface area contributed by atoms with Crippen molar-refractivity contribution in [2.24, 2.45) is 0 Å². The minimum Gasteiger partial charge on any atom is -0.287 e. The fourth-order valence-electron chi connectivity index (χ4n) is 2.04. The molecule has 1 N–H and O–H groups in total. The molecule has 0 amide bonds. The maximum Gasteiger partial charge on any atom is 0.187 e. The number of thioether (sulfide) groups is 1. The number of hydrogen-bond donors (Lipinski definition) is 1. The van der Waals surface area contributed by atoms with Crippen LogP contribution >= 0.6 is 11.8 Å². The predicted molar refractivity (Wildman–Crippen MR) is 60.9 cm³/mol. The molecule has 1 fully saturated rings. The van der Waals surface area contributed by atoms with Gasteiger partial charge in [0.15, 0.2) is 5.12 Å². The zero-order chi connectivity index (χ0) is 10.6. The molecule has 0 saturated heterocycles. The van der Waals surface area contributed by atoms with Gasteiger partial charge < -0.3 is 0 Å². The lowest BCUT2D eigenvalue weighted by Gasteiger charge is -2.38. The standard InChI is InChI=1S/C10H20N2OS/c1-9(13)14-10(11-12(2)3)7-5-4-6-8-10/h11H,4-8H2,1-3H3. The third-order valence-electron chi connectivity index (χ3n) is 2.43. The van der Waals surface area contributed by atoms with Gasteiger partial charge in [-0.25, -0.2) is 10.4 Å². The smallest absolute Gasteiger partial charge is 0.187 e. The maximum absolute atomic E-state index is 11.2. The average molecular weight is 216 g/mol. The normalized spacial score (nSPS) is 21.1. The monoisotopic (exact) mass is 216 g/mol. The Labute approximate surface area is 90.6 Å². The summed E-state index contributed by atoms with van der Waals surface area (Å²) in [6, 6.07) is 0. The predicted octanol–water partition coefficient (Wildman–Crippen LogP) is 1.99. The minimum absolute atomic E-state index is 0.0341. The van der Waals surface area contributed by atoms with Crippen LogP contribution in [0.4, 0.5) is 0 Å². The summed E-state index contributed by atoms with van der Waals surface area (Å²) in [6.07, 6.45) is 5.93. The first-order chi connectivity index (χ1) is 6.54. The van der Waals surface area contributed by atoms with Gasteiger partial charge in [-0.15, -0.1) is 0 Å². The van der Waals surface area contributed by atoms with Crippen LogP contribution in [0.15, 0.2) is 0 Å². The van der Waals surface area contributed by atoms with E-state index >= 15 is 0 Å². The summed E-state index contributed by atoms with van der Waals surface area (Å²) in [5.74, 6) is 0. The Morgan fingerprint density at radius 2 is 1.86 bits per heavy atom. The van der Waals surface area contributed by atoms with Gasteiger partial charge >= 0.3 is 0 Å². The zero-order valence-electron chi connectivity index (χ0n) is 9.30. The minimum atomic E-state index is -0.0341. The van der Waals surface area contributed by atoms with Crippen LogP contribution < -0.4 is 5.43 Å². The van der Waals surface area contributed by atoms with Crippen molar-refractivity contribution < 1.29 is 4.79 Å². The molecule has 0 bridgehead atoms. The van der Waals surface area contributed by atoms with Gasteiger partial charge in [0.1, 0.15) is 0 Å². The Morgan fingerprint density at radius 1 is 1.29 bits per heavy atom. The Hall–Kier alpha value is -0.0600. The largest absolute Gasteiger partial charge is 0.287 e. The molecule has 0 radical (unpaired) electrons. The molecule has 4 heteroatoms. The van der Waals surface area contributed by atoms with Crippen molar-refractivity contribution in [1.82, 2.24) is 10.4 Å². The van der Waals surface area contributed by atoms with Gasteiger partial charge in [0.25, 0.3) is 0 Å². The lowest BCUT2D eigenvalue weighted by Crippen LogP contribution is -2.50. The molecule has 1 aliphatic rings. The highest BCUT2D eigenvalue weighted by Crippen LogP contribution is 2.37. The summed E-state index contributed by atoms with van der Waals surface area (Å²) in [4.78, 5) is 11.2. The van der Waals surface area contributed by atoms with Gasteiger partial charge in [0, 0.05) is 21.0 Å². The summed E-state index contributed by atoms with van der Waals surface area (Å²) in [5, 5.41) is 2.17. The SMILES string of the molecule is CC(=O)SC1(NN(C)C)CCCCC1. The van der Waals surface area contributed by atoms with Crippen molar-refractivity contribution in [3.63, 3.8) is 0 Å². The molecule has 0 aromatic carbocycles. The van der Waals surface area contributed by atoms with E-state index in [-0.39, 0.29) is 9.99 Å². The lowest BCUT2D eigenvalue weighted by atomic mass is 9.95. The van der Waals surface area contributed by atoms with E-state index < -0.39 is 0 Å². The molecule has 82 valence electrons. The van der Waals surface area contributed by atoms with Gasteiger partial charge in [-0.05, 0) is 12.8 Å². The molecule has 0 aliphatic heterocycles. The number of hydrazine groups is 1. The highest BCUT2D eigenvalue weighted by molar-refractivity contribution is 8.14. The molecule has 0 aromatic heterocycles. The van der Waals surface area contributed by atoms with Crippen LogP contribution in [0, 0.1) is 0 Å². The molecular weight excluding hydrogens is 196 g/mol. The van der Waals surface area contributed by atoms with Crippen LogP contribution in [0.25, 0.3) is 0 Å². The van der Waals surface area contributed by atoms with Crippen LogP contribution in [0.5, 0.6) is 0 Å². The van der Waals surface area contributed by atoms with Crippen molar-refractivity contribution >= 4 is 16.9 Å². The van der Waals surface area contributed by atoms with Gasteiger partial charge in [-0.2, -0.15) is 0 Å². The van der Waals surface area contributed by atoms with E-state index in [0.717, 1.165) is 12.8 Å². The fraction of sp³-hybridized carbons (Fsp3) is 0.900. The number of hydrogen-bond acceptors (Lipinski definition) is 4. The summed E-state index contributed by atoms with van der Waals surface area (Å²) >= 11 is 1.46. The molecule has 0 spiro atoms. The zero-order valence-corrected chi connectivity index (χ0v) is 10.1. The summed E-state index contributed by atoms with van der Waals surface area (Å²) in [7, 11) is 3.97. The number of nitrogens with zero attached hydrogens (tertiary/aromatic N) is 1. The highest BCUT2D eigenvalue weighted by Gasteiger charge is 2.34. The Bertz CT molecular complexity index is 200. The second-order valence-corrected chi connectivity index (χ2v) is 5.72. The quantitative estimate of drug-likeness (QED) is 0.577. The first kappa shape index (κ1) is 12.0. The molecule has 1 aliphatic carbocycles. The molecule has 0 aromatic rings. The molecule has 3 nitrogen and oxygen atoms in total. The van der Waals surface area contributed by atoms with E-state index in [0.29, 0.717) is 0 Å². The number of rotatable bonds is 3. The highest BCUT2D eigenvalue weighted by atomic mass is 32.2. The molecule has 14 heavy (non-hydrogen) atoms. The van der Waals surface area contributed by atoms with E-state index in [1.165, 1.54) is 31.0 Å². The number of carbonyl (C=O) groups excluding carboxylic acids is 1. The van der Waals surface area contributed by atoms with Crippen LogP contribution in [0.3, 0.4) is 0 Å². The Morgan fingerprint density at radius 3 is 2.29 bits per heavy atom. The van der Waals surface area contributed by atoms with Crippen molar-refractivity contribution in [3.05, 3.63) is 0 Å². The lowest BCUT2D eigenvalue weighted by molar-refractivity contribution is -0.109. The summed E-state index contributed by atoms with van der Waals surface area (Å²) in [5.41, 5.74) is 3.40. The van der Waals surface area contributed by atoms with E-state index in [4.69, 9.17) is 0 Å². The van der Waals surface area contributed by atoms with Gasteiger partial charge in [0.05, 0.1) is 4.87 Å². The van der Waals surface area contributed by atoms with Gasteiger partial charge in [-0.1, -0.05) is 31.0 Å². The third-order valence-corrected chi connectivity index (χ3v) is 3.61. The van der Waals surface area contributed by atoms with Crippen molar-refractivity contribution in [2.45, 2.75) is 43.9 Å². The van der Waals surface area contributed by atoms with Crippen LogP contribution in [-0.2, 0) is 4.79 Å². The fourth-order valence-corrected chi connectivity index (χ4v) is 3.31. The molecule has 0 heterocycles. The third kappa shape index (κ3) is 3.59. The van der Waals surface area contributed by atoms with E-state index in [1.54, 1.807) is 6.92 Å². The van der Waals surface area contributed by atoms with Crippen LogP contribution in [-0.4, -0.2) is 29.1 Å². The molecule has 1 rings (SSSR count). The average Bonchev–Trinajstić information content (AvgIpc) is 2.01. The maximum atomic E-state index is 11.2. The van der Waals surface area contributed by atoms with Crippen LogP contribution in [0.1, 0.15) is 39.0 Å². The van der Waals surface area contributed by atoms with E-state index in [9.17, 15) is 4.79 Å². The number of carbonyl (C=O) groups is 1. The number of nitrogens with one attached hydrogen (secondary N) is 1. The van der Waals surface area contributed by atoms with Crippen molar-refractivity contribution in [1.29, 1.82) is 0 Å². The molecule has 0 atom stereocenters. The molecular formula is C10H20N2OS. The van der Waals surface area contributed by atoms with E-state index in [2.05, 4.69) is 5.43 Å². The summed E-state index contributed by atoms with van der Waals surface area (Å²) in [6.45, 7) is 1.65. The van der Waals surface area contributed by atoms with Gasteiger partial charge in [0.2, 0.25) is 0 Å². The summed E-state index contributed by atoms with van der Waals surface area (Å²) < 4.78 is 0.